The Morgan fingerprint density at radius 3 is 2.09 bits per heavy atom. The van der Waals surface area contributed by atoms with Crippen molar-refractivity contribution in [3.8, 4) is 0 Å². The molecule has 0 spiro atoms. The van der Waals surface area contributed by atoms with Gasteiger partial charge in [0.25, 0.3) is 7.82 Å². The maximum absolute atomic E-state index is 11.8. The highest BCUT2D eigenvalue weighted by Crippen LogP contribution is 2.43. The van der Waals surface area contributed by atoms with E-state index in [0.29, 0.717) is 36.9 Å². The molecule has 32 heavy (non-hydrogen) atoms. The Morgan fingerprint density at radius 1 is 1.00 bits per heavy atom. The van der Waals surface area contributed by atoms with Gasteiger partial charge in [0.05, 0.1) is 27.2 Å². The number of phosphoric acid groups is 1. The lowest BCUT2D eigenvalue weighted by molar-refractivity contribution is -0.877. The Morgan fingerprint density at radius 2 is 1.56 bits per heavy atom. The molecule has 7 nitrogen and oxygen atoms in total. The zero-order valence-electron chi connectivity index (χ0n) is 21.8. The van der Waals surface area contributed by atoms with Gasteiger partial charge in [-0.3, -0.25) is 4.57 Å². The van der Waals surface area contributed by atoms with Gasteiger partial charge in [-0.15, -0.1) is 0 Å². The molecule has 0 saturated heterocycles. The summed E-state index contributed by atoms with van der Waals surface area (Å²) in [4.78, 5) is 21.4. The number of rotatable bonds is 21. The fourth-order valence-electron chi connectivity index (χ4n) is 4.43. The van der Waals surface area contributed by atoms with E-state index in [2.05, 4.69) is 13.8 Å². The molecule has 0 rings (SSSR count). The third-order valence-corrected chi connectivity index (χ3v) is 6.40. The Hall–Kier alpha value is -0.0100. The maximum Gasteiger partial charge on any atom is 0.266 e. The fraction of sp³-hybridized carbons (Fsp3) is 1.00. The van der Waals surface area contributed by atoms with E-state index in [1.54, 1.807) is 0 Å². The summed E-state index contributed by atoms with van der Waals surface area (Å²) in [6, 6.07) is -0.0119. The second-order valence-corrected chi connectivity index (χ2v) is 11.8. The number of phosphoric ester groups is 1. The molecule has 0 radical (unpaired) electrons. The SMILES string of the molecule is CCCCCCCCCC(N)CCC(CC(C)OCCCC)(C[N+](C)(C)C)OP(=O)([O-])O. The number of nitrogens with zero attached hydrogens (tertiary/aromatic N) is 1. The van der Waals surface area contributed by atoms with E-state index in [4.69, 9.17) is 15.0 Å². The van der Waals surface area contributed by atoms with Gasteiger partial charge < -0.3 is 29.3 Å². The van der Waals surface area contributed by atoms with Gasteiger partial charge in [-0.05, 0) is 32.6 Å². The van der Waals surface area contributed by atoms with Crippen molar-refractivity contribution >= 4 is 7.82 Å². The second-order valence-electron chi connectivity index (χ2n) is 10.6. The van der Waals surface area contributed by atoms with Crippen molar-refractivity contribution < 1.29 is 28.1 Å². The summed E-state index contributed by atoms with van der Waals surface area (Å²) in [7, 11) is 1.06. The van der Waals surface area contributed by atoms with Gasteiger partial charge in [-0.2, -0.15) is 0 Å². The maximum atomic E-state index is 11.8. The first-order valence-corrected chi connectivity index (χ1v) is 14.2. The predicted molar refractivity (Wildman–Crippen MR) is 131 cm³/mol. The van der Waals surface area contributed by atoms with Crippen LogP contribution < -0.4 is 10.6 Å². The monoisotopic (exact) mass is 480 g/mol. The van der Waals surface area contributed by atoms with Crippen LogP contribution in [0.1, 0.15) is 104 Å². The number of quaternary nitrogens is 1. The van der Waals surface area contributed by atoms with Gasteiger partial charge in [0, 0.05) is 19.1 Å². The highest BCUT2D eigenvalue weighted by atomic mass is 31.2. The van der Waals surface area contributed by atoms with E-state index in [1.165, 1.54) is 38.5 Å². The number of ether oxygens (including phenoxy) is 1. The van der Waals surface area contributed by atoms with Crippen LogP contribution in [0.3, 0.4) is 0 Å². The van der Waals surface area contributed by atoms with Crippen LogP contribution in [0.15, 0.2) is 0 Å². The molecule has 0 aliphatic rings. The molecule has 0 heterocycles. The number of likely N-dealkylation sites (N-methyl/N-ethyl adjacent to an activating group) is 1. The van der Waals surface area contributed by atoms with Gasteiger partial charge >= 0.3 is 0 Å². The van der Waals surface area contributed by atoms with E-state index in [9.17, 15) is 14.4 Å². The van der Waals surface area contributed by atoms with Crippen molar-refractivity contribution in [2.24, 2.45) is 5.73 Å². The summed E-state index contributed by atoms with van der Waals surface area (Å²) in [5.41, 5.74) is 5.35. The van der Waals surface area contributed by atoms with Crippen molar-refractivity contribution in [1.29, 1.82) is 0 Å². The van der Waals surface area contributed by atoms with Crippen molar-refractivity contribution in [2.45, 2.75) is 122 Å². The molecule has 0 bridgehead atoms. The number of unbranched alkanes of at least 4 members (excludes halogenated alkanes) is 7. The van der Waals surface area contributed by atoms with Crippen LogP contribution in [-0.4, -0.2) is 61.4 Å². The molecule has 0 aliphatic heterocycles. The first-order chi connectivity index (χ1) is 14.8. The molecule has 0 aliphatic carbocycles. The molecule has 3 N–H and O–H groups in total. The van der Waals surface area contributed by atoms with Gasteiger partial charge in [0.1, 0.15) is 12.1 Å². The third kappa shape index (κ3) is 18.4. The lowest BCUT2D eigenvalue weighted by Gasteiger charge is -2.42. The van der Waals surface area contributed by atoms with Gasteiger partial charge in [-0.25, -0.2) is 0 Å². The minimum atomic E-state index is -4.92. The average Bonchev–Trinajstić information content (AvgIpc) is 2.63. The number of nitrogens with two attached hydrogens (primary N) is 1. The van der Waals surface area contributed by atoms with Gasteiger partial charge in [0.15, 0.2) is 0 Å². The van der Waals surface area contributed by atoms with Crippen molar-refractivity contribution in [2.75, 3.05) is 34.3 Å². The molecular weight excluding hydrogens is 427 g/mol. The first kappa shape index (κ1) is 32.0. The Balaban J connectivity index is 5.01. The Kier molecular flexibility index (Phi) is 16.6. The summed E-state index contributed by atoms with van der Waals surface area (Å²) in [5.74, 6) is 0. The molecule has 0 aromatic heterocycles. The van der Waals surface area contributed by atoms with Crippen LogP contribution in [0.2, 0.25) is 0 Å². The fourth-order valence-corrected chi connectivity index (χ4v) is 5.15. The molecule has 194 valence electrons. The summed E-state index contributed by atoms with van der Waals surface area (Å²) < 4.78 is 23.6. The molecule has 0 aromatic carbocycles. The Labute approximate surface area is 198 Å². The van der Waals surface area contributed by atoms with Crippen molar-refractivity contribution in [3.05, 3.63) is 0 Å². The molecule has 4 atom stereocenters. The zero-order chi connectivity index (χ0) is 24.7. The minimum Gasteiger partial charge on any atom is -0.756 e. The van der Waals surface area contributed by atoms with Crippen LogP contribution in [0, 0.1) is 0 Å². The molecule has 0 aromatic rings. The van der Waals surface area contributed by atoms with E-state index in [1.807, 2.05) is 28.1 Å². The Bertz CT molecular complexity index is 509. The minimum absolute atomic E-state index is 0.0119. The quantitative estimate of drug-likeness (QED) is 0.140. The smallest absolute Gasteiger partial charge is 0.266 e. The lowest BCUT2D eigenvalue weighted by Crippen LogP contribution is -2.52. The van der Waals surface area contributed by atoms with E-state index in [-0.39, 0.29) is 12.1 Å². The standard InChI is InChI=1S/C24H53N2O5P/c1-7-9-11-12-13-14-15-16-23(25)17-18-24(21-26(4,5)6,31-32(27,28)29)20-22(3)30-19-10-8-2/h22-23H,7-21,25H2,1-6H3,(H-,27,28,29). The molecule has 0 saturated carbocycles. The van der Waals surface area contributed by atoms with Crippen LogP contribution in [0.5, 0.6) is 0 Å². The van der Waals surface area contributed by atoms with Crippen molar-refractivity contribution in [1.82, 2.24) is 0 Å². The number of hydrogen-bond donors (Lipinski definition) is 2. The zero-order valence-corrected chi connectivity index (χ0v) is 22.7. The summed E-state index contributed by atoms with van der Waals surface area (Å²) >= 11 is 0. The number of hydrogen-bond acceptors (Lipinski definition) is 5. The van der Waals surface area contributed by atoms with Gasteiger partial charge in [-0.1, -0.05) is 65.2 Å². The first-order valence-electron chi connectivity index (χ1n) is 12.7. The highest BCUT2D eigenvalue weighted by molar-refractivity contribution is 7.44. The van der Waals surface area contributed by atoms with E-state index >= 15 is 0 Å². The van der Waals surface area contributed by atoms with E-state index < -0.39 is 13.4 Å². The molecule has 8 heteroatoms. The normalized spacial score (nSPS) is 18.2. The topological polar surface area (TPSA) is 105 Å². The third-order valence-electron chi connectivity index (χ3n) is 5.78. The molecule has 0 amide bonds. The summed E-state index contributed by atoms with van der Waals surface area (Å²) in [6.45, 7) is 7.33. The largest absolute Gasteiger partial charge is 0.756 e. The lowest BCUT2D eigenvalue weighted by atomic mass is 9.87. The van der Waals surface area contributed by atoms with E-state index in [0.717, 1.165) is 25.7 Å². The average molecular weight is 481 g/mol. The van der Waals surface area contributed by atoms with Crippen LogP contribution >= 0.6 is 7.82 Å². The second kappa shape index (κ2) is 16.6. The molecule has 0 fully saturated rings. The summed E-state index contributed by atoms with van der Waals surface area (Å²) in [5, 5.41) is 0. The van der Waals surface area contributed by atoms with Crippen LogP contribution in [0.25, 0.3) is 0 Å². The van der Waals surface area contributed by atoms with Crippen LogP contribution in [-0.2, 0) is 13.8 Å². The van der Waals surface area contributed by atoms with Crippen LogP contribution in [0.4, 0.5) is 0 Å². The molecular formula is C24H53N2O5P. The van der Waals surface area contributed by atoms with Crippen molar-refractivity contribution in [3.63, 3.8) is 0 Å². The van der Waals surface area contributed by atoms with Gasteiger partial charge in [0.2, 0.25) is 0 Å². The summed E-state index contributed by atoms with van der Waals surface area (Å²) in [6.07, 6.45) is 12.9. The highest BCUT2D eigenvalue weighted by Gasteiger charge is 2.41. The predicted octanol–water partition coefficient (Wildman–Crippen LogP) is 4.75. The molecule has 4 unspecified atom stereocenters.